The zero-order valence-electron chi connectivity index (χ0n) is 14.5. The van der Waals surface area contributed by atoms with Crippen molar-refractivity contribution in [2.75, 3.05) is 11.5 Å². The Morgan fingerprint density at radius 2 is 1.70 bits per heavy atom. The summed E-state index contributed by atoms with van der Waals surface area (Å²) in [4.78, 5) is 11.6. The first-order chi connectivity index (χ1) is 12.6. The van der Waals surface area contributed by atoms with Crippen LogP contribution in [0.4, 0.5) is 0 Å². The summed E-state index contributed by atoms with van der Waals surface area (Å²) in [5.41, 5.74) is 1.75. The molecule has 142 valence electrons. The Morgan fingerprint density at radius 3 is 2.30 bits per heavy atom. The largest absolute Gasteiger partial charge is 0.478 e. The molecule has 0 saturated heterocycles. The van der Waals surface area contributed by atoms with Gasteiger partial charge >= 0.3 is 5.97 Å². The minimum Gasteiger partial charge on any atom is -0.478 e. The molecule has 0 aliphatic carbocycles. The SMILES string of the molecule is CCS(=O)(=O)c1ccc(-c2ccc3c(c2)C=C(C(=O)O)CCS3(=O)=O)cc1. The molecule has 1 aliphatic heterocycles. The summed E-state index contributed by atoms with van der Waals surface area (Å²) in [7, 11) is -6.87. The molecule has 0 fully saturated rings. The molecule has 6 nitrogen and oxygen atoms in total. The first-order valence-electron chi connectivity index (χ1n) is 8.28. The Morgan fingerprint density at radius 1 is 1.07 bits per heavy atom. The second-order valence-electron chi connectivity index (χ2n) is 6.22. The summed E-state index contributed by atoms with van der Waals surface area (Å²) >= 11 is 0. The van der Waals surface area contributed by atoms with Crippen LogP contribution < -0.4 is 0 Å². The van der Waals surface area contributed by atoms with Crippen molar-refractivity contribution in [3.8, 4) is 11.1 Å². The lowest BCUT2D eigenvalue weighted by molar-refractivity contribution is -0.132. The molecule has 3 rings (SSSR count). The van der Waals surface area contributed by atoms with Crippen molar-refractivity contribution < 1.29 is 26.7 Å². The number of sulfone groups is 2. The molecule has 2 aromatic carbocycles. The molecule has 1 N–H and O–H groups in total. The molecule has 0 bridgehead atoms. The Balaban J connectivity index is 2.10. The predicted molar refractivity (Wildman–Crippen MR) is 102 cm³/mol. The van der Waals surface area contributed by atoms with Gasteiger partial charge in [-0.15, -0.1) is 0 Å². The average molecular weight is 406 g/mol. The van der Waals surface area contributed by atoms with Gasteiger partial charge in [-0.05, 0) is 53.5 Å². The van der Waals surface area contributed by atoms with Crippen molar-refractivity contribution in [1.29, 1.82) is 0 Å². The molecule has 1 aliphatic rings. The van der Waals surface area contributed by atoms with Crippen molar-refractivity contribution in [2.45, 2.75) is 23.1 Å². The van der Waals surface area contributed by atoms with Gasteiger partial charge in [-0.2, -0.15) is 0 Å². The zero-order valence-corrected chi connectivity index (χ0v) is 16.2. The normalized spacial score (nSPS) is 16.1. The fraction of sp³-hybridized carbons (Fsp3) is 0.211. The highest BCUT2D eigenvalue weighted by atomic mass is 32.2. The summed E-state index contributed by atoms with van der Waals surface area (Å²) in [5, 5.41) is 9.26. The number of carbonyl (C=O) groups is 1. The molecule has 0 spiro atoms. The fourth-order valence-corrected chi connectivity index (χ4v) is 5.27. The predicted octanol–water partition coefficient (Wildman–Crippen LogP) is 2.79. The number of aliphatic carboxylic acids is 1. The van der Waals surface area contributed by atoms with E-state index in [-0.39, 0.29) is 33.3 Å². The third-order valence-corrected chi connectivity index (χ3v) is 8.05. The number of hydrogen-bond donors (Lipinski definition) is 1. The van der Waals surface area contributed by atoms with Crippen molar-refractivity contribution in [1.82, 2.24) is 0 Å². The minimum absolute atomic E-state index is 0.00577. The molecule has 0 amide bonds. The summed E-state index contributed by atoms with van der Waals surface area (Å²) in [6, 6.07) is 11.0. The molecule has 0 saturated carbocycles. The maximum atomic E-state index is 12.4. The van der Waals surface area contributed by atoms with Gasteiger partial charge in [-0.25, -0.2) is 21.6 Å². The van der Waals surface area contributed by atoms with Crippen LogP contribution in [0.3, 0.4) is 0 Å². The van der Waals surface area contributed by atoms with Gasteiger partial charge in [0.05, 0.1) is 21.3 Å². The molecule has 0 atom stereocenters. The zero-order chi connectivity index (χ0) is 19.8. The van der Waals surface area contributed by atoms with Gasteiger partial charge in [0.15, 0.2) is 19.7 Å². The second kappa shape index (κ2) is 6.94. The van der Waals surface area contributed by atoms with Gasteiger partial charge in [0.2, 0.25) is 0 Å². The Labute approximate surface area is 158 Å². The Bertz CT molecular complexity index is 1140. The number of fused-ring (bicyclic) bond motifs is 1. The first kappa shape index (κ1) is 19.3. The Hall–Kier alpha value is -2.45. The van der Waals surface area contributed by atoms with Crippen LogP contribution in [0.25, 0.3) is 17.2 Å². The molecule has 8 heteroatoms. The van der Waals surface area contributed by atoms with E-state index < -0.39 is 25.6 Å². The van der Waals surface area contributed by atoms with Gasteiger partial charge in [0.1, 0.15) is 0 Å². The van der Waals surface area contributed by atoms with Crippen LogP contribution in [-0.4, -0.2) is 39.4 Å². The summed E-state index contributed by atoms with van der Waals surface area (Å²) in [6.45, 7) is 1.57. The number of carboxylic acids is 1. The molecule has 27 heavy (non-hydrogen) atoms. The average Bonchev–Trinajstić information content (AvgIpc) is 2.77. The minimum atomic E-state index is -3.57. The number of benzene rings is 2. The Kier molecular flexibility index (Phi) is 4.96. The number of hydrogen-bond acceptors (Lipinski definition) is 5. The van der Waals surface area contributed by atoms with Gasteiger partial charge < -0.3 is 5.11 Å². The monoisotopic (exact) mass is 406 g/mol. The van der Waals surface area contributed by atoms with Crippen LogP contribution in [0.15, 0.2) is 57.8 Å². The van der Waals surface area contributed by atoms with Crippen LogP contribution >= 0.6 is 0 Å². The van der Waals surface area contributed by atoms with E-state index in [1.54, 1.807) is 31.2 Å². The van der Waals surface area contributed by atoms with E-state index in [0.29, 0.717) is 16.7 Å². The lowest BCUT2D eigenvalue weighted by Crippen LogP contribution is -2.08. The summed E-state index contributed by atoms with van der Waals surface area (Å²) in [6.07, 6.45) is 1.34. The van der Waals surface area contributed by atoms with Crippen molar-refractivity contribution in [3.05, 3.63) is 53.6 Å². The van der Waals surface area contributed by atoms with Gasteiger partial charge in [-0.3, -0.25) is 0 Å². The third-order valence-electron chi connectivity index (χ3n) is 4.52. The maximum Gasteiger partial charge on any atom is 0.331 e. The third kappa shape index (κ3) is 3.81. The van der Waals surface area contributed by atoms with Crippen LogP contribution in [0.1, 0.15) is 18.9 Å². The van der Waals surface area contributed by atoms with E-state index in [9.17, 15) is 26.7 Å². The van der Waals surface area contributed by atoms with Crippen molar-refractivity contribution in [2.24, 2.45) is 0 Å². The van der Waals surface area contributed by atoms with E-state index in [0.717, 1.165) is 0 Å². The van der Waals surface area contributed by atoms with E-state index >= 15 is 0 Å². The van der Waals surface area contributed by atoms with Crippen molar-refractivity contribution in [3.63, 3.8) is 0 Å². The van der Waals surface area contributed by atoms with E-state index in [2.05, 4.69) is 0 Å². The summed E-state index contributed by atoms with van der Waals surface area (Å²) < 4.78 is 48.6. The molecule has 1 heterocycles. The van der Waals surface area contributed by atoms with Crippen molar-refractivity contribution >= 4 is 31.7 Å². The lowest BCUT2D eigenvalue weighted by Gasteiger charge is -2.09. The molecule has 0 radical (unpaired) electrons. The van der Waals surface area contributed by atoms with Gasteiger partial charge in [-0.1, -0.05) is 25.1 Å². The molecular weight excluding hydrogens is 388 g/mol. The second-order valence-corrected chi connectivity index (χ2v) is 10.6. The first-order valence-corrected chi connectivity index (χ1v) is 11.6. The molecule has 2 aromatic rings. The highest BCUT2D eigenvalue weighted by Gasteiger charge is 2.24. The highest BCUT2D eigenvalue weighted by molar-refractivity contribution is 7.91. The van der Waals surface area contributed by atoms with E-state index in [4.69, 9.17) is 0 Å². The van der Waals surface area contributed by atoms with Crippen LogP contribution in [-0.2, 0) is 24.5 Å². The molecule has 0 aromatic heterocycles. The van der Waals surface area contributed by atoms with E-state index in [1.807, 2.05) is 0 Å². The quantitative estimate of drug-likeness (QED) is 0.837. The smallest absolute Gasteiger partial charge is 0.331 e. The molecular formula is C19H18O6S2. The van der Waals surface area contributed by atoms with Gasteiger partial charge in [0, 0.05) is 5.57 Å². The highest BCUT2D eigenvalue weighted by Crippen LogP contribution is 2.31. The van der Waals surface area contributed by atoms with Gasteiger partial charge in [0.25, 0.3) is 0 Å². The number of carboxylic acid groups (broad SMARTS) is 1. The lowest BCUT2D eigenvalue weighted by atomic mass is 10.0. The van der Waals surface area contributed by atoms with Crippen LogP contribution in [0.2, 0.25) is 0 Å². The number of rotatable bonds is 4. The standard InChI is InChI=1S/C19H18O6S2/c1-2-26(22,23)17-6-3-13(4-7-17)14-5-8-18-16(11-14)12-15(19(20)21)9-10-27(18,24)25/h3-8,11-12H,2,9-10H2,1H3,(H,20,21). The molecule has 0 unspecified atom stereocenters. The summed E-state index contributed by atoms with van der Waals surface area (Å²) in [5.74, 6) is -1.38. The maximum absolute atomic E-state index is 12.4. The topological polar surface area (TPSA) is 106 Å². The van der Waals surface area contributed by atoms with Crippen LogP contribution in [0.5, 0.6) is 0 Å². The fourth-order valence-electron chi connectivity index (χ4n) is 2.93. The van der Waals surface area contributed by atoms with Crippen LogP contribution in [0, 0.1) is 0 Å². The van der Waals surface area contributed by atoms with E-state index in [1.165, 1.54) is 24.3 Å².